The van der Waals surface area contributed by atoms with Crippen LogP contribution in [0.4, 0.5) is 5.82 Å². The molecular formula is C9H15N3O2. The number of aryl methyl sites for hydroxylation is 1. The van der Waals surface area contributed by atoms with Crippen molar-refractivity contribution in [3.05, 3.63) is 11.8 Å². The van der Waals surface area contributed by atoms with Crippen LogP contribution in [0.5, 0.6) is 0 Å². The molecule has 5 nitrogen and oxygen atoms in total. The smallest absolute Gasteiger partial charge is 0.225 e. The first-order valence-corrected chi connectivity index (χ1v) is 4.71. The highest BCUT2D eigenvalue weighted by Crippen LogP contribution is 2.11. The largest absolute Gasteiger partial charge is 0.396 e. The van der Waals surface area contributed by atoms with Crippen molar-refractivity contribution in [2.75, 3.05) is 11.9 Å². The van der Waals surface area contributed by atoms with Gasteiger partial charge in [-0.2, -0.15) is 5.10 Å². The van der Waals surface area contributed by atoms with Gasteiger partial charge in [-0.25, -0.2) is 0 Å². The Morgan fingerprint density at radius 3 is 3.14 bits per heavy atom. The minimum Gasteiger partial charge on any atom is -0.396 e. The van der Waals surface area contributed by atoms with Crippen LogP contribution in [-0.2, 0) is 11.2 Å². The molecule has 1 heterocycles. The van der Waals surface area contributed by atoms with Gasteiger partial charge in [0.1, 0.15) is 5.82 Å². The van der Waals surface area contributed by atoms with Gasteiger partial charge in [0.05, 0.1) is 6.20 Å². The minimum absolute atomic E-state index is 0.0387. The second-order valence-corrected chi connectivity index (χ2v) is 3.00. The number of nitrogens with one attached hydrogen (secondary N) is 2. The SMILES string of the molecule is CCc1cn[nH]c1NC(=O)CCCO. The van der Waals surface area contributed by atoms with Crippen LogP contribution in [0.25, 0.3) is 0 Å². The lowest BCUT2D eigenvalue weighted by Crippen LogP contribution is -2.13. The van der Waals surface area contributed by atoms with Crippen LogP contribution in [-0.4, -0.2) is 27.8 Å². The average molecular weight is 197 g/mol. The lowest BCUT2D eigenvalue weighted by atomic mass is 10.2. The van der Waals surface area contributed by atoms with Crippen molar-refractivity contribution in [3.63, 3.8) is 0 Å². The Labute approximate surface area is 82.5 Å². The first kappa shape index (κ1) is 10.7. The molecule has 0 aliphatic carbocycles. The summed E-state index contributed by atoms with van der Waals surface area (Å²) in [6, 6.07) is 0. The van der Waals surface area contributed by atoms with Crippen molar-refractivity contribution in [2.24, 2.45) is 0 Å². The van der Waals surface area contributed by atoms with E-state index in [1.54, 1.807) is 6.20 Å². The maximum Gasteiger partial charge on any atom is 0.225 e. The molecule has 0 aliphatic heterocycles. The van der Waals surface area contributed by atoms with Gasteiger partial charge in [0.2, 0.25) is 5.91 Å². The number of aromatic nitrogens is 2. The fourth-order valence-corrected chi connectivity index (χ4v) is 1.13. The maximum absolute atomic E-state index is 11.3. The van der Waals surface area contributed by atoms with E-state index in [0.717, 1.165) is 12.0 Å². The number of amides is 1. The molecule has 0 atom stereocenters. The van der Waals surface area contributed by atoms with E-state index in [4.69, 9.17) is 5.11 Å². The standard InChI is InChI=1S/C9H15N3O2/c1-2-7-6-10-12-9(7)11-8(14)4-3-5-13/h6,13H,2-5H2,1H3,(H2,10,11,12,14). The predicted molar refractivity (Wildman–Crippen MR) is 52.9 cm³/mol. The Kier molecular flexibility index (Phi) is 4.12. The monoisotopic (exact) mass is 197 g/mol. The summed E-state index contributed by atoms with van der Waals surface area (Å²) in [5.74, 6) is 0.563. The molecule has 0 aromatic carbocycles. The van der Waals surface area contributed by atoms with Gasteiger partial charge in [-0.15, -0.1) is 0 Å². The molecule has 1 aromatic rings. The van der Waals surface area contributed by atoms with E-state index in [9.17, 15) is 4.79 Å². The van der Waals surface area contributed by atoms with Crippen LogP contribution in [0.1, 0.15) is 25.3 Å². The van der Waals surface area contributed by atoms with Crippen LogP contribution in [0.3, 0.4) is 0 Å². The van der Waals surface area contributed by atoms with Gasteiger partial charge in [-0.3, -0.25) is 9.89 Å². The fourth-order valence-electron chi connectivity index (χ4n) is 1.13. The molecule has 14 heavy (non-hydrogen) atoms. The van der Waals surface area contributed by atoms with E-state index < -0.39 is 0 Å². The molecule has 0 bridgehead atoms. The van der Waals surface area contributed by atoms with Crippen molar-refractivity contribution in [2.45, 2.75) is 26.2 Å². The van der Waals surface area contributed by atoms with Crippen LogP contribution < -0.4 is 5.32 Å². The maximum atomic E-state index is 11.3. The zero-order valence-electron chi connectivity index (χ0n) is 8.21. The van der Waals surface area contributed by atoms with Crippen molar-refractivity contribution in [1.82, 2.24) is 10.2 Å². The molecule has 3 N–H and O–H groups in total. The van der Waals surface area contributed by atoms with E-state index in [1.165, 1.54) is 0 Å². The van der Waals surface area contributed by atoms with Crippen molar-refractivity contribution in [1.29, 1.82) is 0 Å². The molecule has 5 heteroatoms. The van der Waals surface area contributed by atoms with Crippen molar-refractivity contribution in [3.8, 4) is 0 Å². The Balaban J connectivity index is 2.47. The van der Waals surface area contributed by atoms with Gasteiger partial charge in [0.15, 0.2) is 0 Å². The number of carbonyl (C=O) groups excluding carboxylic acids is 1. The molecule has 0 aliphatic rings. The zero-order chi connectivity index (χ0) is 10.4. The molecule has 0 saturated carbocycles. The molecule has 0 fully saturated rings. The summed E-state index contributed by atoms with van der Waals surface area (Å²) in [7, 11) is 0. The van der Waals surface area contributed by atoms with E-state index in [-0.39, 0.29) is 12.5 Å². The predicted octanol–water partition coefficient (Wildman–Crippen LogP) is 0.683. The lowest BCUT2D eigenvalue weighted by Gasteiger charge is -2.03. The van der Waals surface area contributed by atoms with Gasteiger partial charge in [0, 0.05) is 18.6 Å². The average Bonchev–Trinajstić information content (AvgIpc) is 2.62. The molecule has 78 valence electrons. The van der Waals surface area contributed by atoms with E-state index in [0.29, 0.717) is 18.7 Å². The molecule has 1 rings (SSSR count). The third-order valence-electron chi connectivity index (χ3n) is 1.93. The summed E-state index contributed by atoms with van der Waals surface area (Å²) in [6.07, 6.45) is 3.34. The van der Waals surface area contributed by atoms with Crippen molar-refractivity contribution < 1.29 is 9.90 Å². The number of aliphatic hydroxyl groups excluding tert-OH is 1. The van der Waals surface area contributed by atoms with Gasteiger partial charge < -0.3 is 10.4 Å². The van der Waals surface area contributed by atoms with Crippen LogP contribution in [0.15, 0.2) is 6.20 Å². The highest BCUT2D eigenvalue weighted by Gasteiger charge is 2.06. The number of H-pyrrole nitrogens is 1. The Bertz CT molecular complexity index is 296. The Hall–Kier alpha value is -1.36. The third kappa shape index (κ3) is 2.85. The van der Waals surface area contributed by atoms with Gasteiger partial charge in [-0.1, -0.05) is 6.92 Å². The number of carbonyl (C=O) groups is 1. The van der Waals surface area contributed by atoms with Crippen LogP contribution in [0, 0.1) is 0 Å². The first-order chi connectivity index (χ1) is 6.77. The summed E-state index contributed by atoms with van der Waals surface area (Å²) >= 11 is 0. The quantitative estimate of drug-likeness (QED) is 0.649. The summed E-state index contributed by atoms with van der Waals surface area (Å²) in [6.45, 7) is 2.03. The highest BCUT2D eigenvalue weighted by atomic mass is 16.3. The lowest BCUT2D eigenvalue weighted by molar-refractivity contribution is -0.116. The molecule has 1 amide bonds. The van der Waals surface area contributed by atoms with E-state index in [2.05, 4.69) is 15.5 Å². The Morgan fingerprint density at radius 1 is 1.71 bits per heavy atom. The molecular weight excluding hydrogens is 182 g/mol. The Morgan fingerprint density at radius 2 is 2.50 bits per heavy atom. The highest BCUT2D eigenvalue weighted by molar-refractivity contribution is 5.90. The zero-order valence-corrected chi connectivity index (χ0v) is 8.21. The van der Waals surface area contributed by atoms with Gasteiger partial charge >= 0.3 is 0 Å². The number of hydrogen-bond donors (Lipinski definition) is 3. The molecule has 0 unspecified atom stereocenters. The first-order valence-electron chi connectivity index (χ1n) is 4.71. The summed E-state index contributed by atoms with van der Waals surface area (Å²) in [4.78, 5) is 11.3. The van der Waals surface area contributed by atoms with E-state index in [1.807, 2.05) is 6.92 Å². The minimum atomic E-state index is -0.0991. The van der Waals surface area contributed by atoms with Crippen LogP contribution >= 0.6 is 0 Å². The number of hydrogen-bond acceptors (Lipinski definition) is 3. The second-order valence-electron chi connectivity index (χ2n) is 3.00. The normalized spacial score (nSPS) is 10.1. The van der Waals surface area contributed by atoms with Gasteiger partial charge in [-0.05, 0) is 12.8 Å². The topological polar surface area (TPSA) is 78.0 Å². The molecule has 0 radical (unpaired) electrons. The molecule has 0 spiro atoms. The van der Waals surface area contributed by atoms with E-state index >= 15 is 0 Å². The summed E-state index contributed by atoms with van der Waals surface area (Å²) in [5.41, 5.74) is 0.988. The summed E-state index contributed by atoms with van der Waals surface area (Å²) in [5, 5.41) is 17.8. The fraction of sp³-hybridized carbons (Fsp3) is 0.556. The third-order valence-corrected chi connectivity index (χ3v) is 1.93. The van der Waals surface area contributed by atoms with Crippen LogP contribution in [0.2, 0.25) is 0 Å². The number of aromatic amines is 1. The molecule has 1 aromatic heterocycles. The number of anilines is 1. The number of rotatable bonds is 5. The van der Waals surface area contributed by atoms with Gasteiger partial charge in [0.25, 0.3) is 0 Å². The second kappa shape index (κ2) is 5.39. The summed E-state index contributed by atoms with van der Waals surface area (Å²) < 4.78 is 0. The number of aliphatic hydroxyl groups is 1. The van der Waals surface area contributed by atoms with Crippen molar-refractivity contribution >= 4 is 11.7 Å². The molecule has 0 saturated heterocycles. The number of nitrogens with zero attached hydrogens (tertiary/aromatic N) is 1.